The molecule has 108 valence electrons. The lowest BCUT2D eigenvalue weighted by molar-refractivity contribution is -0.0573. The van der Waals surface area contributed by atoms with E-state index in [1.807, 2.05) is 13.0 Å². The molecule has 19 heavy (non-hydrogen) atoms. The summed E-state index contributed by atoms with van der Waals surface area (Å²) in [6.07, 6.45) is 1.67. The molecule has 1 rings (SSSR count). The van der Waals surface area contributed by atoms with Crippen LogP contribution in [0.2, 0.25) is 5.15 Å². The van der Waals surface area contributed by atoms with Crippen molar-refractivity contribution in [3.05, 3.63) is 22.7 Å². The van der Waals surface area contributed by atoms with Gasteiger partial charge in [-0.15, -0.1) is 0 Å². The Labute approximate surface area is 121 Å². The Kier molecular flexibility index (Phi) is 5.34. The minimum Gasteiger partial charge on any atom is -0.367 e. The van der Waals surface area contributed by atoms with Crippen molar-refractivity contribution in [1.82, 2.24) is 9.97 Å². The molecule has 4 heteroatoms. The first-order valence-corrected chi connectivity index (χ1v) is 7.36. The molecule has 1 heterocycles. The molecular formula is C15H25ClN2O. The maximum Gasteiger partial charge on any atom is 0.162 e. The maximum absolute atomic E-state index is 6.17. The highest BCUT2D eigenvalue weighted by atomic mass is 35.5. The molecule has 1 aromatic rings. The van der Waals surface area contributed by atoms with Gasteiger partial charge in [0.1, 0.15) is 10.8 Å². The summed E-state index contributed by atoms with van der Waals surface area (Å²) in [5, 5.41) is 0.487. The van der Waals surface area contributed by atoms with Crippen LogP contribution in [0.25, 0.3) is 0 Å². The summed E-state index contributed by atoms with van der Waals surface area (Å²) in [7, 11) is 0. The van der Waals surface area contributed by atoms with Crippen LogP contribution in [0.5, 0.6) is 0 Å². The molecule has 0 N–H and O–H groups in total. The van der Waals surface area contributed by atoms with Crippen LogP contribution in [0.3, 0.4) is 0 Å². The average Bonchev–Trinajstić information content (AvgIpc) is 2.34. The van der Waals surface area contributed by atoms with Crippen molar-refractivity contribution in [2.45, 2.75) is 65.4 Å². The van der Waals surface area contributed by atoms with E-state index in [9.17, 15) is 0 Å². The second-order valence-electron chi connectivity index (χ2n) is 5.78. The number of halogens is 1. The first-order valence-electron chi connectivity index (χ1n) is 6.98. The van der Waals surface area contributed by atoms with Gasteiger partial charge in [-0.3, -0.25) is 0 Å². The van der Waals surface area contributed by atoms with Crippen LogP contribution in [0.15, 0.2) is 6.07 Å². The predicted molar refractivity (Wildman–Crippen MR) is 79.6 cm³/mol. The Morgan fingerprint density at radius 3 is 2.11 bits per heavy atom. The maximum atomic E-state index is 6.17. The Morgan fingerprint density at radius 1 is 1.11 bits per heavy atom. The molecule has 0 fully saturated rings. The molecule has 0 bridgehead atoms. The molecule has 0 unspecified atom stereocenters. The van der Waals surface area contributed by atoms with E-state index in [0.29, 0.717) is 17.6 Å². The second-order valence-corrected chi connectivity index (χ2v) is 6.17. The summed E-state index contributed by atoms with van der Waals surface area (Å²) in [5.41, 5.74) is 0.467. The molecular weight excluding hydrogens is 260 g/mol. The monoisotopic (exact) mass is 284 g/mol. The zero-order valence-corrected chi connectivity index (χ0v) is 13.6. The Morgan fingerprint density at radius 2 is 1.68 bits per heavy atom. The highest BCUT2D eigenvalue weighted by Crippen LogP contribution is 2.33. The first-order chi connectivity index (χ1) is 8.79. The normalized spacial score (nSPS) is 12.8. The van der Waals surface area contributed by atoms with E-state index in [-0.39, 0.29) is 5.41 Å². The van der Waals surface area contributed by atoms with E-state index in [4.69, 9.17) is 21.3 Å². The highest BCUT2D eigenvalue weighted by Gasteiger charge is 2.33. The molecule has 0 aliphatic heterocycles. The molecule has 0 amide bonds. The van der Waals surface area contributed by atoms with E-state index in [2.05, 4.69) is 39.6 Å². The van der Waals surface area contributed by atoms with Crippen LogP contribution in [0, 0.1) is 0 Å². The number of nitrogens with zero attached hydrogens (tertiary/aromatic N) is 2. The Hall–Kier alpha value is -0.670. The third-order valence-electron chi connectivity index (χ3n) is 3.43. The van der Waals surface area contributed by atoms with Gasteiger partial charge in [0.25, 0.3) is 0 Å². The quantitative estimate of drug-likeness (QED) is 0.748. The number of hydrogen-bond donors (Lipinski definition) is 0. The van der Waals surface area contributed by atoms with E-state index < -0.39 is 5.60 Å². The summed E-state index contributed by atoms with van der Waals surface area (Å²) in [6.45, 7) is 13.2. The molecule has 0 aliphatic carbocycles. The molecule has 0 spiro atoms. The zero-order valence-electron chi connectivity index (χ0n) is 12.9. The topological polar surface area (TPSA) is 35.0 Å². The molecule has 0 atom stereocenters. The van der Waals surface area contributed by atoms with Crippen molar-refractivity contribution in [1.29, 1.82) is 0 Å². The van der Waals surface area contributed by atoms with Crippen LogP contribution in [0.4, 0.5) is 0 Å². The smallest absolute Gasteiger partial charge is 0.162 e. The summed E-state index contributed by atoms with van der Waals surface area (Å²) in [5.74, 6) is 0.705. The molecule has 3 nitrogen and oxygen atoms in total. The van der Waals surface area contributed by atoms with Crippen LogP contribution in [-0.2, 0) is 15.8 Å². The first kappa shape index (κ1) is 16.4. The van der Waals surface area contributed by atoms with Gasteiger partial charge < -0.3 is 4.74 Å². The number of aromatic nitrogens is 2. The van der Waals surface area contributed by atoms with Gasteiger partial charge in [0, 0.05) is 12.0 Å². The van der Waals surface area contributed by atoms with Crippen molar-refractivity contribution in [3.63, 3.8) is 0 Å². The predicted octanol–water partition coefficient (Wildman–Crippen LogP) is 4.48. The summed E-state index contributed by atoms with van der Waals surface area (Å²) in [4.78, 5) is 9.13. The van der Waals surface area contributed by atoms with E-state index in [0.717, 1.165) is 18.5 Å². The largest absolute Gasteiger partial charge is 0.367 e. The number of rotatable bonds is 5. The molecule has 1 aromatic heterocycles. The van der Waals surface area contributed by atoms with Crippen LogP contribution in [-0.4, -0.2) is 16.6 Å². The van der Waals surface area contributed by atoms with Gasteiger partial charge in [-0.25, -0.2) is 9.97 Å². The fraction of sp³-hybridized carbons (Fsp3) is 0.733. The molecule has 0 aliphatic rings. The lowest BCUT2D eigenvalue weighted by Crippen LogP contribution is -2.32. The van der Waals surface area contributed by atoms with Crippen molar-refractivity contribution >= 4 is 11.6 Å². The van der Waals surface area contributed by atoms with Crippen LogP contribution < -0.4 is 0 Å². The van der Waals surface area contributed by atoms with Gasteiger partial charge in [0.15, 0.2) is 5.82 Å². The summed E-state index contributed by atoms with van der Waals surface area (Å²) in [6, 6.07) is 1.84. The third-order valence-corrected chi connectivity index (χ3v) is 3.63. The summed E-state index contributed by atoms with van der Waals surface area (Å²) < 4.78 is 5.95. The second kappa shape index (κ2) is 6.19. The fourth-order valence-corrected chi connectivity index (χ4v) is 2.30. The standard InChI is InChI=1S/C15H25ClN2O/c1-7-15(8-2,19-9-3)13-17-11(14(4,5)6)10-12(16)18-13/h10H,7-9H2,1-6H3. The van der Waals surface area contributed by atoms with Gasteiger partial charge >= 0.3 is 0 Å². The minimum atomic E-state index is -0.431. The molecule has 0 saturated carbocycles. The van der Waals surface area contributed by atoms with E-state index in [1.165, 1.54) is 0 Å². The minimum absolute atomic E-state index is 0.0548. The summed E-state index contributed by atoms with van der Waals surface area (Å²) >= 11 is 6.17. The molecule has 0 saturated heterocycles. The zero-order chi connectivity index (χ0) is 14.7. The van der Waals surface area contributed by atoms with Crippen molar-refractivity contribution in [2.75, 3.05) is 6.61 Å². The average molecular weight is 285 g/mol. The third kappa shape index (κ3) is 3.67. The van der Waals surface area contributed by atoms with Gasteiger partial charge in [0.05, 0.1) is 5.69 Å². The number of hydrogen-bond acceptors (Lipinski definition) is 3. The van der Waals surface area contributed by atoms with Gasteiger partial charge in [0.2, 0.25) is 0 Å². The van der Waals surface area contributed by atoms with Crippen molar-refractivity contribution in [3.8, 4) is 0 Å². The van der Waals surface area contributed by atoms with Crippen LogP contribution >= 0.6 is 11.6 Å². The Balaban J connectivity index is 3.35. The van der Waals surface area contributed by atoms with Gasteiger partial charge in [-0.1, -0.05) is 46.2 Å². The van der Waals surface area contributed by atoms with Gasteiger partial charge in [-0.05, 0) is 25.8 Å². The lowest BCUT2D eigenvalue weighted by atomic mass is 9.90. The lowest BCUT2D eigenvalue weighted by Gasteiger charge is -2.31. The SMILES string of the molecule is CCOC(CC)(CC)c1nc(Cl)cc(C(C)(C)C)n1. The Bertz CT molecular complexity index is 423. The highest BCUT2D eigenvalue weighted by molar-refractivity contribution is 6.29. The fourth-order valence-electron chi connectivity index (χ4n) is 2.12. The van der Waals surface area contributed by atoms with E-state index >= 15 is 0 Å². The molecule has 0 aromatic carbocycles. The molecule has 0 radical (unpaired) electrons. The number of ether oxygens (including phenoxy) is 1. The van der Waals surface area contributed by atoms with Crippen LogP contribution in [0.1, 0.15) is 65.9 Å². The van der Waals surface area contributed by atoms with Crippen molar-refractivity contribution < 1.29 is 4.74 Å². The van der Waals surface area contributed by atoms with E-state index in [1.54, 1.807) is 0 Å². The van der Waals surface area contributed by atoms with Gasteiger partial charge in [-0.2, -0.15) is 0 Å². The van der Waals surface area contributed by atoms with Crippen molar-refractivity contribution in [2.24, 2.45) is 0 Å².